The van der Waals surface area contributed by atoms with E-state index in [2.05, 4.69) is 5.32 Å². The number of benzene rings is 2. The van der Waals surface area contributed by atoms with Crippen molar-refractivity contribution >= 4 is 11.6 Å². The zero-order chi connectivity index (χ0) is 17.8. The third-order valence-corrected chi connectivity index (χ3v) is 3.93. The van der Waals surface area contributed by atoms with Gasteiger partial charge in [0.15, 0.2) is 0 Å². The van der Waals surface area contributed by atoms with Gasteiger partial charge in [-0.15, -0.1) is 0 Å². The maximum atomic E-state index is 12.5. The molecule has 25 heavy (non-hydrogen) atoms. The summed E-state index contributed by atoms with van der Waals surface area (Å²) in [6.45, 7) is 1.72. The van der Waals surface area contributed by atoms with Crippen LogP contribution in [0.15, 0.2) is 59.0 Å². The van der Waals surface area contributed by atoms with Crippen LogP contribution < -0.4 is 10.1 Å². The summed E-state index contributed by atoms with van der Waals surface area (Å²) in [6.07, 6.45) is 0. The second-order valence-electron chi connectivity index (χ2n) is 5.61. The largest absolute Gasteiger partial charge is 0.496 e. The van der Waals surface area contributed by atoms with Crippen molar-refractivity contribution in [3.63, 3.8) is 0 Å². The highest BCUT2D eigenvalue weighted by Gasteiger charge is 2.14. The van der Waals surface area contributed by atoms with Crippen LogP contribution in [-0.4, -0.2) is 18.1 Å². The number of furan rings is 1. The molecule has 0 radical (unpaired) electrons. The van der Waals surface area contributed by atoms with E-state index in [9.17, 15) is 4.79 Å². The third kappa shape index (κ3) is 3.56. The first-order valence-corrected chi connectivity index (χ1v) is 7.87. The number of ether oxygens (including phenoxy) is 1. The quantitative estimate of drug-likeness (QED) is 0.738. The fraction of sp³-hybridized carbons (Fsp3) is 0.150. The zero-order valence-electron chi connectivity index (χ0n) is 14.1. The number of carbonyl (C=O) groups is 1. The average molecular weight is 337 g/mol. The summed E-state index contributed by atoms with van der Waals surface area (Å²) < 4.78 is 11.0. The van der Waals surface area contributed by atoms with E-state index in [4.69, 9.17) is 14.3 Å². The second kappa shape index (κ2) is 7.23. The molecule has 5 nitrogen and oxygen atoms in total. The van der Waals surface area contributed by atoms with E-state index in [0.717, 1.165) is 5.56 Å². The molecule has 0 spiro atoms. The molecule has 3 aromatic rings. The van der Waals surface area contributed by atoms with Crippen LogP contribution in [0, 0.1) is 6.92 Å². The molecule has 1 aromatic heterocycles. The van der Waals surface area contributed by atoms with Crippen LogP contribution in [0.2, 0.25) is 0 Å². The van der Waals surface area contributed by atoms with Gasteiger partial charge in [0.2, 0.25) is 0 Å². The maximum Gasteiger partial charge on any atom is 0.255 e. The topological polar surface area (TPSA) is 71.7 Å². The molecule has 5 heteroatoms. The average Bonchev–Trinajstić information content (AvgIpc) is 3.11. The molecule has 2 aromatic carbocycles. The Morgan fingerprint density at radius 3 is 2.64 bits per heavy atom. The van der Waals surface area contributed by atoms with Crippen LogP contribution in [0.3, 0.4) is 0 Å². The van der Waals surface area contributed by atoms with E-state index < -0.39 is 0 Å². The smallest absolute Gasteiger partial charge is 0.255 e. The Labute approximate surface area is 145 Å². The van der Waals surface area contributed by atoms with Gasteiger partial charge in [0.05, 0.1) is 12.7 Å². The molecule has 0 saturated heterocycles. The van der Waals surface area contributed by atoms with Crippen LogP contribution >= 0.6 is 0 Å². The first-order chi connectivity index (χ1) is 12.1. The number of rotatable bonds is 5. The van der Waals surface area contributed by atoms with E-state index in [1.165, 1.54) is 0 Å². The molecule has 0 aliphatic rings. The van der Waals surface area contributed by atoms with E-state index in [0.29, 0.717) is 34.1 Å². The van der Waals surface area contributed by atoms with Crippen molar-refractivity contribution in [2.45, 2.75) is 13.5 Å². The van der Waals surface area contributed by atoms with E-state index in [1.54, 1.807) is 43.5 Å². The third-order valence-electron chi connectivity index (χ3n) is 3.93. The van der Waals surface area contributed by atoms with E-state index in [-0.39, 0.29) is 12.5 Å². The first kappa shape index (κ1) is 16.8. The van der Waals surface area contributed by atoms with Gasteiger partial charge in [0.25, 0.3) is 5.91 Å². The molecule has 3 rings (SSSR count). The van der Waals surface area contributed by atoms with Gasteiger partial charge in [-0.25, -0.2) is 0 Å². The summed E-state index contributed by atoms with van der Waals surface area (Å²) in [4.78, 5) is 12.5. The van der Waals surface area contributed by atoms with E-state index >= 15 is 0 Å². The summed E-state index contributed by atoms with van der Waals surface area (Å²) in [5.74, 6) is 1.47. The van der Waals surface area contributed by atoms with Gasteiger partial charge in [0.1, 0.15) is 23.9 Å². The van der Waals surface area contributed by atoms with Crippen LogP contribution in [0.4, 0.5) is 5.69 Å². The number of hydrogen-bond acceptors (Lipinski definition) is 4. The Morgan fingerprint density at radius 2 is 1.96 bits per heavy atom. The first-order valence-electron chi connectivity index (χ1n) is 7.87. The van der Waals surface area contributed by atoms with Crippen LogP contribution in [0.1, 0.15) is 21.7 Å². The molecule has 0 unspecified atom stereocenters. The molecule has 1 heterocycles. The number of nitrogens with one attached hydrogen (secondary N) is 1. The number of aliphatic hydroxyl groups excluding tert-OH is 1. The molecule has 0 saturated carbocycles. The predicted molar refractivity (Wildman–Crippen MR) is 95.8 cm³/mol. The molecule has 1 amide bonds. The van der Waals surface area contributed by atoms with Gasteiger partial charge in [-0.05, 0) is 48.9 Å². The Bertz CT molecular complexity index is 898. The lowest BCUT2D eigenvalue weighted by molar-refractivity contribution is 0.102. The van der Waals surface area contributed by atoms with Crippen molar-refractivity contribution in [2.75, 3.05) is 12.4 Å². The molecule has 0 aliphatic carbocycles. The van der Waals surface area contributed by atoms with Crippen molar-refractivity contribution in [3.05, 3.63) is 71.5 Å². The maximum absolute atomic E-state index is 12.5. The number of aryl methyl sites for hydroxylation is 1. The lowest BCUT2D eigenvalue weighted by Crippen LogP contribution is -2.13. The highest BCUT2D eigenvalue weighted by Crippen LogP contribution is 2.34. The molecular formula is C20H19NO4. The Hall–Kier alpha value is -3.05. The minimum Gasteiger partial charge on any atom is -0.496 e. The van der Waals surface area contributed by atoms with Crippen molar-refractivity contribution in [3.8, 4) is 17.1 Å². The number of amides is 1. The summed E-state index contributed by atoms with van der Waals surface area (Å²) in [5, 5.41) is 12.1. The van der Waals surface area contributed by atoms with Gasteiger partial charge in [-0.3, -0.25) is 4.79 Å². The van der Waals surface area contributed by atoms with Crippen molar-refractivity contribution < 1.29 is 19.1 Å². The van der Waals surface area contributed by atoms with Gasteiger partial charge in [-0.1, -0.05) is 18.2 Å². The normalized spacial score (nSPS) is 10.5. The second-order valence-corrected chi connectivity index (χ2v) is 5.61. The number of anilines is 1. The fourth-order valence-corrected chi connectivity index (χ4v) is 2.61. The van der Waals surface area contributed by atoms with Crippen LogP contribution in [0.25, 0.3) is 11.3 Å². The Kier molecular flexibility index (Phi) is 4.86. The summed E-state index contributed by atoms with van der Waals surface area (Å²) in [7, 11) is 1.57. The molecule has 128 valence electrons. The number of methoxy groups -OCH3 is 1. The molecule has 0 atom stereocenters. The summed E-state index contributed by atoms with van der Waals surface area (Å²) in [5.41, 5.74) is 2.86. The number of hydrogen-bond donors (Lipinski definition) is 2. The van der Waals surface area contributed by atoms with E-state index in [1.807, 2.05) is 25.1 Å². The summed E-state index contributed by atoms with van der Waals surface area (Å²) in [6, 6.07) is 16.2. The predicted octanol–water partition coefficient (Wildman–Crippen LogP) is 4.01. The summed E-state index contributed by atoms with van der Waals surface area (Å²) >= 11 is 0. The molecule has 0 aliphatic heterocycles. The molecular weight excluding hydrogens is 318 g/mol. The van der Waals surface area contributed by atoms with Crippen LogP contribution in [-0.2, 0) is 6.61 Å². The minimum absolute atomic E-state index is 0.175. The van der Waals surface area contributed by atoms with Gasteiger partial charge < -0.3 is 19.6 Å². The minimum atomic E-state index is -0.176. The van der Waals surface area contributed by atoms with Gasteiger partial charge in [0, 0.05) is 11.3 Å². The van der Waals surface area contributed by atoms with Gasteiger partial charge in [-0.2, -0.15) is 0 Å². The highest BCUT2D eigenvalue weighted by molar-refractivity contribution is 6.05. The highest BCUT2D eigenvalue weighted by atomic mass is 16.5. The van der Waals surface area contributed by atoms with Gasteiger partial charge >= 0.3 is 0 Å². The molecule has 0 bridgehead atoms. The molecule has 2 N–H and O–H groups in total. The Morgan fingerprint density at radius 1 is 1.16 bits per heavy atom. The zero-order valence-corrected chi connectivity index (χ0v) is 14.1. The lowest BCUT2D eigenvalue weighted by atomic mass is 10.1. The lowest BCUT2D eigenvalue weighted by Gasteiger charge is -2.11. The SMILES string of the molecule is COc1ccc(NC(=O)c2ccccc2C)cc1-c1ccc(CO)o1. The Balaban J connectivity index is 1.91. The standard InChI is InChI=1S/C20H19NO4/c1-13-5-3-4-6-16(13)20(23)21-14-7-9-18(24-2)17(11-14)19-10-8-15(12-22)25-19/h3-11,22H,12H2,1-2H3,(H,21,23). The number of carbonyl (C=O) groups excluding carboxylic acids is 1. The number of aliphatic hydroxyl groups is 1. The van der Waals surface area contributed by atoms with Crippen LogP contribution in [0.5, 0.6) is 5.75 Å². The van der Waals surface area contributed by atoms with Crippen molar-refractivity contribution in [1.29, 1.82) is 0 Å². The molecule has 0 fully saturated rings. The van der Waals surface area contributed by atoms with Crippen molar-refractivity contribution in [2.24, 2.45) is 0 Å². The fourth-order valence-electron chi connectivity index (χ4n) is 2.61. The monoisotopic (exact) mass is 337 g/mol. The van der Waals surface area contributed by atoms with Crippen molar-refractivity contribution in [1.82, 2.24) is 0 Å².